The summed E-state index contributed by atoms with van der Waals surface area (Å²) >= 11 is 1.59. The Balaban J connectivity index is 0.00000126. The van der Waals surface area contributed by atoms with Crippen molar-refractivity contribution in [3.05, 3.63) is 89.8 Å². The number of nitrogens with two attached hydrogens (primary N) is 1. The second-order valence-electron chi connectivity index (χ2n) is 5.66. The number of nitrogens with zero attached hydrogens (tertiary/aromatic N) is 2. The molecule has 0 fully saturated rings. The van der Waals surface area contributed by atoms with Crippen LogP contribution in [0, 0.1) is 0 Å². The van der Waals surface area contributed by atoms with E-state index in [1.54, 1.807) is 17.4 Å². The summed E-state index contributed by atoms with van der Waals surface area (Å²) < 4.78 is 2.23. The minimum Gasteiger partial charge on any atom is -0.383 e. The maximum Gasteiger partial charge on any atom is 0.141 e. The van der Waals surface area contributed by atoms with Crippen molar-refractivity contribution in [2.24, 2.45) is 10.7 Å². The number of hydrogen-bond acceptors (Lipinski definition) is 2. The summed E-state index contributed by atoms with van der Waals surface area (Å²) in [6.45, 7) is 12.5. The van der Waals surface area contributed by atoms with Crippen molar-refractivity contribution in [2.75, 3.05) is 0 Å². The first-order valence-corrected chi connectivity index (χ1v) is 10.00. The molecule has 0 aliphatic rings. The fourth-order valence-corrected chi connectivity index (χ4v) is 3.34. The SMILES string of the molecule is C=C/C=C(\C=C)CCn1ccc2ccc(N=C(N)c3cccs3)cc21.CC. The summed E-state index contributed by atoms with van der Waals surface area (Å²) in [5.41, 5.74) is 9.30. The minimum absolute atomic E-state index is 0.551. The molecule has 3 nitrogen and oxygen atoms in total. The van der Waals surface area contributed by atoms with Crippen molar-refractivity contribution in [3.63, 3.8) is 0 Å². The molecule has 2 heterocycles. The maximum atomic E-state index is 6.10. The van der Waals surface area contributed by atoms with Gasteiger partial charge in [-0.15, -0.1) is 11.3 Å². The topological polar surface area (TPSA) is 43.3 Å². The number of amidine groups is 1. The van der Waals surface area contributed by atoms with Crippen LogP contribution in [0.3, 0.4) is 0 Å². The fourth-order valence-electron chi connectivity index (χ4n) is 2.71. The lowest BCUT2D eigenvalue weighted by Crippen LogP contribution is -2.10. The summed E-state index contributed by atoms with van der Waals surface area (Å²) in [5.74, 6) is 0.551. The minimum atomic E-state index is 0.551. The van der Waals surface area contributed by atoms with E-state index >= 15 is 0 Å². The average molecular weight is 378 g/mol. The van der Waals surface area contributed by atoms with E-state index in [0.29, 0.717) is 5.84 Å². The zero-order chi connectivity index (χ0) is 19.6. The maximum absolute atomic E-state index is 6.10. The third-order valence-electron chi connectivity index (χ3n) is 4.02. The van der Waals surface area contributed by atoms with Crippen LogP contribution in [0.2, 0.25) is 0 Å². The zero-order valence-electron chi connectivity index (χ0n) is 16.1. The summed E-state index contributed by atoms with van der Waals surface area (Å²) in [6.07, 6.45) is 8.69. The number of fused-ring (bicyclic) bond motifs is 1. The first-order valence-electron chi connectivity index (χ1n) is 9.12. The number of allylic oxidation sites excluding steroid dienone is 4. The van der Waals surface area contributed by atoms with Crippen molar-refractivity contribution >= 4 is 33.8 Å². The quantitative estimate of drug-likeness (QED) is 0.287. The highest BCUT2D eigenvalue weighted by molar-refractivity contribution is 7.12. The van der Waals surface area contributed by atoms with Gasteiger partial charge in [0.15, 0.2) is 0 Å². The second kappa shape index (κ2) is 10.3. The Bertz CT molecular complexity index is 943. The van der Waals surface area contributed by atoms with Crippen LogP contribution in [0.1, 0.15) is 25.1 Å². The molecule has 0 aliphatic carbocycles. The third kappa shape index (κ3) is 5.31. The largest absolute Gasteiger partial charge is 0.383 e. The average Bonchev–Trinajstić information content (AvgIpc) is 3.37. The number of aromatic nitrogens is 1. The third-order valence-corrected chi connectivity index (χ3v) is 4.91. The van der Waals surface area contributed by atoms with E-state index in [0.717, 1.165) is 29.0 Å². The van der Waals surface area contributed by atoms with Gasteiger partial charge in [0.25, 0.3) is 0 Å². The molecule has 0 radical (unpaired) electrons. The first kappa shape index (κ1) is 20.5. The van der Waals surface area contributed by atoms with Crippen LogP contribution in [0.4, 0.5) is 5.69 Å². The molecule has 0 bridgehead atoms. The van der Waals surface area contributed by atoms with E-state index in [2.05, 4.69) is 47.1 Å². The van der Waals surface area contributed by atoms with Crippen LogP contribution < -0.4 is 5.73 Å². The Kier molecular flexibility index (Phi) is 7.83. The number of benzene rings is 1. The summed E-state index contributed by atoms with van der Waals surface area (Å²) in [7, 11) is 0. The Hall–Kier alpha value is -2.85. The van der Waals surface area contributed by atoms with Crippen LogP contribution >= 0.6 is 11.3 Å². The molecule has 0 amide bonds. The highest BCUT2D eigenvalue weighted by Gasteiger charge is 2.05. The molecule has 1 aromatic carbocycles. The van der Waals surface area contributed by atoms with E-state index in [1.807, 2.05) is 49.6 Å². The predicted molar refractivity (Wildman–Crippen MR) is 121 cm³/mol. The number of rotatable bonds is 7. The van der Waals surface area contributed by atoms with Gasteiger partial charge >= 0.3 is 0 Å². The lowest BCUT2D eigenvalue weighted by atomic mass is 10.1. The standard InChI is InChI=1S/C21H21N3S.C2H6/c1-3-6-16(4-2)10-12-24-13-11-17-8-9-18(15-19(17)24)23-21(22)20-7-5-14-25-20;1-2/h3-9,11,13-15H,1-2,10,12H2,(H2,22,23);1-2H3/b16-6+;. The van der Waals surface area contributed by atoms with Crippen LogP contribution in [0.5, 0.6) is 0 Å². The van der Waals surface area contributed by atoms with E-state index in [9.17, 15) is 0 Å². The van der Waals surface area contributed by atoms with Gasteiger partial charge in [-0.1, -0.05) is 57.4 Å². The van der Waals surface area contributed by atoms with Crippen molar-refractivity contribution in [3.8, 4) is 0 Å². The molecule has 2 aromatic heterocycles. The molecule has 0 unspecified atom stereocenters. The lowest BCUT2D eigenvalue weighted by Gasteiger charge is -2.07. The normalized spacial score (nSPS) is 11.8. The summed E-state index contributed by atoms with van der Waals surface area (Å²) in [6, 6.07) is 12.2. The predicted octanol–water partition coefficient (Wildman–Crippen LogP) is 6.45. The van der Waals surface area contributed by atoms with Gasteiger partial charge in [0.05, 0.1) is 16.1 Å². The fraction of sp³-hybridized carbons (Fsp3) is 0.174. The van der Waals surface area contributed by atoms with Gasteiger partial charge in [-0.3, -0.25) is 0 Å². The number of thiophene rings is 1. The molecule has 140 valence electrons. The van der Waals surface area contributed by atoms with E-state index in [4.69, 9.17) is 5.73 Å². The van der Waals surface area contributed by atoms with Crippen LogP contribution in [0.25, 0.3) is 10.9 Å². The van der Waals surface area contributed by atoms with E-state index < -0.39 is 0 Å². The number of aryl methyl sites for hydroxylation is 1. The van der Waals surface area contributed by atoms with E-state index in [1.165, 1.54) is 11.0 Å². The molecule has 3 rings (SSSR count). The van der Waals surface area contributed by atoms with Gasteiger partial charge in [0.2, 0.25) is 0 Å². The molecule has 0 atom stereocenters. The van der Waals surface area contributed by atoms with Gasteiger partial charge in [-0.05, 0) is 47.0 Å². The molecule has 0 aliphatic heterocycles. The molecular weight excluding hydrogens is 350 g/mol. The Labute approximate surface area is 165 Å². The van der Waals surface area contributed by atoms with Gasteiger partial charge in [-0.25, -0.2) is 4.99 Å². The van der Waals surface area contributed by atoms with Gasteiger partial charge in [-0.2, -0.15) is 0 Å². The smallest absolute Gasteiger partial charge is 0.141 e. The highest BCUT2D eigenvalue weighted by atomic mass is 32.1. The van der Waals surface area contributed by atoms with Crippen molar-refractivity contribution in [1.29, 1.82) is 0 Å². The number of aliphatic imine (C=N–C) groups is 1. The zero-order valence-corrected chi connectivity index (χ0v) is 16.9. The van der Waals surface area contributed by atoms with E-state index in [-0.39, 0.29) is 0 Å². The monoisotopic (exact) mass is 377 g/mol. The molecule has 27 heavy (non-hydrogen) atoms. The highest BCUT2D eigenvalue weighted by Crippen LogP contribution is 2.24. The van der Waals surface area contributed by atoms with Crippen molar-refractivity contribution in [2.45, 2.75) is 26.8 Å². The van der Waals surface area contributed by atoms with Gasteiger partial charge in [0, 0.05) is 12.7 Å². The molecule has 2 N–H and O–H groups in total. The van der Waals surface area contributed by atoms with Gasteiger partial charge < -0.3 is 10.3 Å². The summed E-state index contributed by atoms with van der Waals surface area (Å²) in [4.78, 5) is 5.55. The van der Waals surface area contributed by atoms with Crippen molar-refractivity contribution < 1.29 is 0 Å². The second-order valence-corrected chi connectivity index (χ2v) is 6.61. The molecule has 0 saturated carbocycles. The molecular formula is C23H27N3S. The van der Waals surface area contributed by atoms with Gasteiger partial charge in [0.1, 0.15) is 5.84 Å². The molecule has 0 spiro atoms. The van der Waals surface area contributed by atoms with Crippen LogP contribution in [0.15, 0.2) is 89.9 Å². The molecule has 0 saturated heterocycles. The van der Waals surface area contributed by atoms with Crippen molar-refractivity contribution in [1.82, 2.24) is 4.57 Å². The van der Waals surface area contributed by atoms with Crippen LogP contribution in [-0.4, -0.2) is 10.4 Å². The lowest BCUT2D eigenvalue weighted by molar-refractivity contribution is 0.725. The Morgan fingerprint density at radius 2 is 2.04 bits per heavy atom. The summed E-state index contributed by atoms with van der Waals surface area (Å²) in [5, 5.41) is 3.20. The van der Waals surface area contributed by atoms with Crippen LogP contribution in [-0.2, 0) is 6.54 Å². The Morgan fingerprint density at radius 1 is 1.22 bits per heavy atom. The Morgan fingerprint density at radius 3 is 2.70 bits per heavy atom. The first-order chi connectivity index (χ1) is 13.2. The molecule has 4 heteroatoms. The number of hydrogen-bond donors (Lipinski definition) is 1. The molecule has 3 aromatic rings.